The highest BCUT2D eigenvalue weighted by atomic mass is 19.1. The molecule has 2 N–H and O–H groups in total. The Balaban J connectivity index is 1.87. The van der Waals surface area contributed by atoms with Crippen molar-refractivity contribution < 1.29 is 23.8 Å². The molecule has 0 saturated carbocycles. The van der Waals surface area contributed by atoms with E-state index in [1.165, 1.54) is 18.2 Å². The molecule has 7 nitrogen and oxygen atoms in total. The van der Waals surface area contributed by atoms with Crippen molar-refractivity contribution in [2.45, 2.75) is 39.3 Å². The zero-order valence-electron chi connectivity index (χ0n) is 17.5. The molecule has 0 aliphatic rings. The molecule has 2 aromatic carbocycles. The van der Waals surface area contributed by atoms with E-state index in [1.54, 1.807) is 19.9 Å². The molecule has 0 aliphatic carbocycles. The number of nitrogens with one attached hydrogen (secondary N) is 1. The Hall–Kier alpha value is -3.68. The van der Waals surface area contributed by atoms with Gasteiger partial charge in [0, 0.05) is 6.07 Å². The molecular weight excluding hydrogens is 401 g/mol. The van der Waals surface area contributed by atoms with E-state index >= 15 is 0 Å². The Morgan fingerprint density at radius 1 is 1.16 bits per heavy atom. The summed E-state index contributed by atoms with van der Waals surface area (Å²) in [5.74, 6) is -2.05. The molecule has 1 heterocycles. The van der Waals surface area contributed by atoms with E-state index in [0.29, 0.717) is 0 Å². The second kappa shape index (κ2) is 9.42. The Morgan fingerprint density at radius 2 is 1.84 bits per heavy atom. The smallest absolute Gasteiger partial charge is 0.308 e. The number of hydrogen-bond donors (Lipinski definition) is 2. The van der Waals surface area contributed by atoms with Gasteiger partial charge in [0.05, 0.1) is 18.6 Å². The molecule has 0 fully saturated rings. The molecule has 3 rings (SSSR count). The van der Waals surface area contributed by atoms with Crippen molar-refractivity contribution in [2.24, 2.45) is 0 Å². The molecule has 8 heteroatoms. The summed E-state index contributed by atoms with van der Waals surface area (Å²) in [5.41, 5.74) is 1.55. The quantitative estimate of drug-likeness (QED) is 0.561. The maximum Gasteiger partial charge on any atom is 0.308 e. The van der Waals surface area contributed by atoms with Crippen LogP contribution in [0.2, 0.25) is 0 Å². The molecule has 0 radical (unpaired) electrons. The van der Waals surface area contributed by atoms with E-state index in [2.05, 4.69) is 10.4 Å². The van der Waals surface area contributed by atoms with Crippen molar-refractivity contribution in [1.82, 2.24) is 15.1 Å². The van der Waals surface area contributed by atoms with Crippen LogP contribution in [0.3, 0.4) is 0 Å². The predicted molar refractivity (Wildman–Crippen MR) is 112 cm³/mol. The van der Waals surface area contributed by atoms with Crippen LogP contribution in [0.25, 0.3) is 5.69 Å². The molecule has 0 unspecified atom stereocenters. The summed E-state index contributed by atoms with van der Waals surface area (Å²) in [6.45, 7) is 5.37. The Morgan fingerprint density at radius 3 is 2.52 bits per heavy atom. The third kappa shape index (κ3) is 5.28. The molecule has 0 bridgehead atoms. The number of carbonyl (C=O) groups is 2. The predicted octanol–water partition coefficient (Wildman–Crippen LogP) is 3.84. The second-order valence-corrected chi connectivity index (χ2v) is 7.38. The number of carbonyl (C=O) groups excluding carboxylic acids is 2. The molecule has 1 atom stereocenters. The zero-order valence-corrected chi connectivity index (χ0v) is 17.5. The van der Waals surface area contributed by atoms with Crippen molar-refractivity contribution in [3.63, 3.8) is 0 Å². The average Bonchev–Trinajstić information content (AvgIpc) is 3.09. The first-order valence-corrected chi connectivity index (χ1v) is 9.86. The summed E-state index contributed by atoms with van der Waals surface area (Å²) in [6.07, 6.45) is -0.358. The number of para-hydroxylation sites is 1. The number of halogens is 1. The van der Waals surface area contributed by atoms with E-state index in [-0.39, 0.29) is 29.8 Å². The number of ether oxygens (including phenoxy) is 1. The molecule has 0 saturated heterocycles. The first kappa shape index (κ1) is 22.0. The lowest BCUT2D eigenvalue weighted by molar-refractivity contribution is -0.147. The molecule has 1 amide bonds. The van der Waals surface area contributed by atoms with Gasteiger partial charge in [0.1, 0.15) is 11.5 Å². The van der Waals surface area contributed by atoms with Gasteiger partial charge in [-0.05, 0) is 44.0 Å². The number of aromatic nitrogens is 2. The number of esters is 1. The van der Waals surface area contributed by atoms with Crippen molar-refractivity contribution >= 4 is 11.9 Å². The van der Waals surface area contributed by atoms with Gasteiger partial charge in [-0.3, -0.25) is 9.59 Å². The zero-order chi connectivity index (χ0) is 22.5. The Bertz CT molecular complexity index is 1090. The maximum atomic E-state index is 14.1. The highest BCUT2D eigenvalue weighted by Gasteiger charge is 2.24. The van der Waals surface area contributed by atoms with Crippen LogP contribution < -0.4 is 5.32 Å². The van der Waals surface area contributed by atoms with Crippen LogP contribution in [0.5, 0.6) is 5.88 Å². The van der Waals surface area contributed by atoms with Crippen molar-refractivity contribution in [1.29, 1.82) is 0 Å². The van der Waals surface area contributed by atoms with Crippen LogP contribution in [-0.2, 0) is 9.53 Å². The number of benzene rings is 2. The summed E-state index contributed by atoms with van der Waals surface area (Å²) >= 11 is 0. The van der Waals surface area contributed by atoms with E-state index in [0.717, 1.165) is 21.9 Å². The number of nitrogens with zero attached hydrogens (tertiary/aromatic N) is 2. The summed E-state index contributed by atoms with van der Waals surface area (Å²) < 4.78 is 20.2. The highest BCUT2D eigenvalue weighted by molar-refractivity contribution is 5.93. The van der Waals surface area contributed by atoms with Crippen LogP contribution in [0, 0.1) is 12.7 Å². The second-order valence-electron chi connectivity index (χ2n) is 7.38. The fourth-order valence-corrected chi connectivity index (χ4v) is 3.21. The van der Waals surface area contributed by atoms with Crippen LogP contribution in [0.15, 0.2) is 54.6 Å². The summed E-state index contributed by atoms with van der Waals surface area (Å²) in [7, 11) is 0. The lowest BCUT2D eigenvalue weighted by atomic mass is 9.98. The molecule has 0 aliphatic heterocycles. The van der Waals surface area contributed by atoms with Crippen LogP contribution in [0.1, 0.15) is 47.9 Å². The van der Waals surface area contributed by atoms with Gasteiger partial charge in [0.15, 0.2) is 5.69 Å². The van der Waals surface area contributed by atoms with Gasteiger partial charge in [0.2, 0.25) is 5.88 Å². The van der Waals surface area contributed by atoms with Crippen LogP contribution >= 0.6 is 0 Å². The first-order valence-electron chi connectivity index (χ1n) is 9.86. The summed E-state index contributed by atoms with van der Waals surface area (Å²) in [6, 6.07) is 13.6. The van der Waals surface area contributed by atoms with Gasteiger partial charge in [0.25, 0.3) is 5.91 Å². The average molecular weight is 425 g/mol. The van der Waals surface area contributed by atoms with Gasteiger partial charge in [-0.2, -0.15) is 9.78 Å². The summed E-state index contributed by atoms with van der Waals surface area (Å²) in [5, 5.41) is 17.0. The minimum absolute atomic E-state index is 0.00927. The van der Waals surface area contributed by atoms with Gasteiger partial charge in [-0.1, -0.05) is 36.4 Å². The third-order valence-corrected chi connectivity index (χ3v) is 4.61. The minimum atomic E-state index is -0.666. The molecule has 3 aromatic rings. The van der Waals surface area contributed by atoms with Gasteiger partial charge >= 0.3 is 5.97 Å². The number of aryl methyl sites for hydroxylation is 1. The number of rotatable bonds is 7. The first-order chi connectivity index (χ1) is 14.8. The van der Waals surface area contributed by atoms with Gasteiger partial charge in [-0.15, -0.1) is 0 Å². The van der Waals surface area contributed by atoms with E-state index < -0.39 is 23.7 Å². The van der Waals surface area contributed by atoms with E-state index in [4.69, 9.17) is 4.74 Å². The van der Waals surface area contributed by atoms with Gasteiger partial charge in [-0.25, -0.2) is 4.39 Å². The van der Waals surface area contributed by atoms with Crippen molar-refractivity contribution in [2.75, 3.05) is 0 Å². The summed E-state index contributed by atoms with van der Waals surface area (Å²) in [4.78, 5) is 25.2. The lowest BCUT2D eigenvalue weighted by Gasteiger charge is -2.20. The minimum Gasteiger partial charge on any atom is -0.493 e. The maximum absolute atomic E-state index is 14.1. The molecule has 162 valence electrons. The molecule has 0 spiro atoms. The Kier molecular flexibility index (Phi) is 6.69. The van der Waals surface area contributed by atoms with Crippen LogP contribution in [-0.4, -0.2) is 32.9 Å². The van der Waals surface area contributed by atoms with Crippen molar-refractivity contribution in [3.8, 4) is 11.6 Å². The van der Waals surface area contributed by atoms with E-state index in [9.17, 15) is 19.1 Å². The van der Waals surface area contributed by atoms with E-state index in [1.807, 2.05) is 31.2 Å². The molecule has 1 aromatic heterocycles. The number of hydrogen-bond acceptors (Lipinski definition) is 5. The molecule has 31 heavy (non-hydrogen) atoms. The fourth-order valence-electron chi connectivity index (χ4n) is 3.21. The van der Waals surface area contributed by atoms with Crippen LogP contribution in [0.4, 0.5) is 4.39 Å². The standard InChI is InChI=1S/C23H24FN3O4/c1-14(2)31-22(29)13-18(16-9-5-4-8-15(16)3)25-23(30)19-12-21(28)27(26-19)20-11-7-6-10-17(20)24/h4-12,14,18,28H,13H2,1-3H3,(H,25,30)/t18-/m0/s1. The number of amides is 1. The topological polar surface area (TPSA) is 93.5 Å². The lowest BCUT2D eigenvalue weighted by Crippen LogP contribution is -2.32. The van der Waals surface area contributed by atoms with Crippen molar-refractivity contribution in [3.05, 3.63) is 77.2 Å². The Labute approximate surface area is 179 Å². The monoisotopic (exact) mass is 425 g/mol. The number of aromatic hydroxyl groups is 1. The SMILES string of the molecule is Cc1ccccc1[C@H](CC(=O)OC(C)C)NC(=O)c1cc(O)n(-c2ccccc2F)n1. The normalized spacial score (nSPS) is 11.9. The largest absolute Gasteiger partial charge is 0.493 e. The fraction of sp³-hybridized carbons (Fsp3) is 0.261. The van der Waals surface area contributed by atoms with Gasteiger partial charge < -0.3 is 15.2 Å². The third-order valence-electron chi connectivity index (χ3n) is 4.61. The molecular formula is C23H24FN3O4. The highest BCUT2D eigenvalue weighted by Crippen LogP contribution is 2.24.